The molecular formula is C16H27N5. The van der Waals surface area contributed by atoms with Gasteiger partial charge in [-0.15, -0.1) is 0 Å². The molecule has 1 aromatic heterocycles. The third kappa shape index (κ3) is 3.86. The Morgan fingerprint density at radius 3 is 2.29 bits per heavy atom. The molecule has 2 aliphatic heterocycles. The monoisotopic (exact) mass is 289 g/mol. The quantitative estimate of drug-likeness (QED) is 0.884. The van der Waals surface area contributed by atoms with Crippen LogP contribution in [0.5, 0.6) is 0 Å². The number of nitrogen functional groups attached to an aromatic ring is 1. The summed E-state index contributed by atoms with van der Waals surface area (Å²) in [5.41, 5.74) is 7.94. The normalized spacial score (nSPS) is 21.0. The predicted molar refractivity (Wildman–Crippen MR) is 87.6 cm³/mol. The number of pyridine rings is 1. The van der Waals surface area contributed by atoms with Gasteiger partial charge in [0.25, 0.3) is 0 Å². The number of hydrogen-bond acceptors (Lipinski definition) is 5. The smallest absolute Gasteiger partial charge is 0.0738 e. The van der Waals surface area contributed by atoms with Crippen molar-refractivity contribution in [1.29, 1.82) is 0 Å². The van der Waals surface area contributed by atoms with Crippen molar-refractivity contribution in [2.45, 2.75) is 19.3 Å². The van der Waals surface area contributed by atoms with Gasteiger partial charge in [0.05, 0.1) is 17.6 Å². The molecule has 0 radical (unpaired) electrons. The molecule has 3 rings (SSSR count). The number of piperazine rings is 1. The molecule has 116 valence electrons. The average Bonchev–Trinajstić information content (AvgIpc) is 3.02. The minimum absolute atomic E-state index is 0.792. The molecule has 3 heterocycles. The maximum absolute atomic E-state index is 6.01. The Hall–Kier alpha value is -1.33. The fraction of sp³-hybridized carbons (Fsp3) is 0.688. The molecule has 0 spiro atoms. The van der Waals surface area contributed by atoms with E-state index in [4.69, 9.17) is 5.73 Å². The van der Waals surface area contributed by atoms with E-state index in [-0.39, 0.29) is 0 Å². The lowest BCUT2D eigenvalue weighted by atomic mass is 10.2. The molecule has 2 N–H and O–H groups in total. The third-order valence-electron chi connectivity index (χ3n) is 4.69. The molecule has 5 nitrogen and oxygen atoms in total. The lowest BCUT2D eigenvalue weighted by Crippen LogP contribution is -2.47. The van der Waals surface area contributed by atoms with Crippen molar-refractivity contribution in [1.82, 2.24) is 14.8 Å². The molecule has 0 aliphatic carbocycles. The van der Waals surface area contributed by atoms with Crippen LogP contribution in [-0.4, -0.2) is 67.1 Å². The summed E-state index contributed by atoms with van der Waals surface area (Å²) < 4.78 is 0. The first-order chi connectivity index (χ1) is 10.3. The standard InChI is InChI=1S/C16H27N5/c17-15-14-18-5-4-16(15)21-12-10-20(11-13-21)9-3-8-19-6-1-2-7-19/h4-5,14H,1-3,6-13,17H2. The second-order valence-corrected chi connectivity index (χ2v) is 6.17. The third-order valence-corrected chi connectivity index (χ3v) is 4.69. The van der Waals surface area contributed by atoms with Crippen LogP contribution in [0.15, 0.2) is 18.5 Å². The first kappa shape index (κ1) is 14.6. The van der Waals surface area contributed by atoms with Gasteiger partial charge in [-0.05, 0) is 51.5 Å². The van der Waals surface area contributed by atoms with Gasteiger partial charge >= 0.3 is 0 Å². The summed E-state index contributed by atoms with van der Waals surface area (Å²) >= 11 is 0. The van der Waals surface area contributed by atoms with Crippen LogP contribution in [0.4, 0.5) is 11.4 Å². The lowest BCUT2D eigenvalue weighted by Gasteiger charge is -2.36. The Labute approximate surface area is 127 Å². The lowest BCUT2D eigenvalue weighted by molar-refractivity contribution is 0.234. The second-order valence-electron chi connectivity index (χ2n) is 6.17. The Balaban J connectivity index is 1.39. The van der Waals surface area contributed by atoms with Crippen molar-refractivity contribution in [2.75, 3.05) is 63.0 Å². The highest BCUT2D eigenvalue weighted by Crippen LogP contribution is 2.22. The summed E-state index contributed by atoms with van der Waals surface area (Å²) in [6.07, 6.45) is 7.67. The highest BCUT2D eigenvalue weighted by molar-refractivity contribution is 5.66. The Bertz CT molecular complexity index is 436. The molecule has 2 saturated heterocycles. The van der Waals surface area contributed by atoms with E-state index >= 15 is 0 Å². The SMILES string of the molecule is Nc1cnccc1N1CCN(CCCN2CCCC2)CC1. The van der Waals surface area contributed by atoms with E-state index in [1.54, 1.807) is 6.20 Å². The first-order valence-electron chi connectivity index (χ1n) is 8.22. The van der Waals surface area contributed by atoms with Crippen molar-refractivity contribution >= 4 is 11.4 Å². The summed E-state index contributed by atoms with van der Waals surface area (Å²) in [6, 6.07) is 2.03. The van der Waals surface area contributed by atoms with Gasteiger partial charge < -0.3 is 15.5 Å². The van der Waals surface area contributed by atoms with Gasteiger partial charge in [0, 0.05) is 32.4 Å². The highest BCUT2D eigenvalue weighted by atomic mass is 15.3. The average molecular weight is 289 g/mol. The molecule has 0 bridgehead atoms. The van der Waals surface area contributed by atoms with Crippen molar-refractivity contribution in [3.8, 4) is 0 Å². The van der Waals surface area contributed by atoms with Gasteiger partial charge in [-0.2, -0.15) is 0 Å². The maximum Gasteiger partial charge on any atom is 0.0738 e. The molecule has 0 saturated carbocycles. The molecule has 5 heteroatoms. The van der Waals surface area contributed by atoms with Crippen LogP contribution in [0.3, 0.4) is 0 Å². The molecule has 0 unspecified atom stereocenters. The van der Waals surface area contributed by atoms with Gasteiger partial charge in [-0.3, -0.25) is 9.88 Å². The number of hydrogen-bond donors (Lipinski definition) is 1. The Morgan fingerprint density at radius 1 is 0.952 bits per heavy atom. The minimum atomic E-state index is 0.792. The molecule has 21 heavy (non-hydrogen) atoms. The van der Waals surface area contributed by atoms with E-state index in [1.165, 1.54) is 45.4 Å². The number of nitrogens with zero attached hydrogens (tertiary/aromatic N) is 4. The van der Waals surface area contributed by atoms with Gasteiger partial charge in [0.15, 0.2) is 0 Å². The van der Waals surface area contributed by atoms with E-state index in [0.717, 1.165) is 37.6 Å². The second kappa shape index (κ2) is 7.09. The number of rotatable bonds is 5. The van der Waals surface area contributed by atoms with Gasteiger partial charge in [0.2, 0.25) is 0 Å². The molecule has 0 amide bonds. The zero-order valence-corrected chi connectivity index (χ0v) is 12.9. The molecule has 2 aliphatic rings. The van der Waals surface area contributed by atoms with Crippen LogP contribution in [0.25, 0.3) is 0 Å². The zero-order chi connectivity index (χ0) is 14.5. The van der Waals surface area contributed by atoms with Crippen LogP contribution < -0.4 is 10.6 Å². The number of nitrogens with two attached hydrogens (primary N) is 1. The fourth-order valence-corrected chi connectivity index (χ4v) is 3.42. The highest BCUT2D eigenvalue weighted by Gasteiger charge is 2.19. The predicted octanol–water partition coefficient (Wildman–Crippen LogP) is 1.27. The fourth-order valence-electron chi connectivity index (χ4n) is 3.42. The van der Waals surface area contributed by atoms with Crippen LogP contribution in [0.2, 0.25) is 0 Å². The van der Waals surface area contributed by atoms with Crippen molar-refractivity contribution in [3.05, 3.63) is 18.5 Å². The number of likely N-dealkylation sites (tertiary alicyclic amines) is 1. The first-order valence-corrected chi connectivity index (χ1v) is 8.22. The van der Waals surface area contributed by atoms with Crippen molar-refractivity contribution in [3.63, 3.8) is 0 Å². The number of aromatic nitrogens is 1. The molecule has 0 atom stereocenters. The Kier molecular flexibility index (Phi) is 4.93. The van der Waals surface area contributed by atoms with E-state index in [2.05, 4.69) is 19.7 Å². The summed E-state index contributed by atoms with van der Waals surface area (Å²) in [7, 11) is 0. The van der Waals surface area contributed by atoms with Gasteiger partial charge in [0.1, 0.15) is 0 Å². The van der Waals surface area contributed by atoms with Crippen LogP contribution in [0.1, 0.15) is 19.3 Å². The number of anilines is 2. The topological polar surface area (TPSA) is 48.6 Å². The summed E-state index contributed by atoms with van der Waals surface area (Å²) in [6.45, 7) is 9.55. The molecule has 1 aromatic rings. The van der Waals surface area contributed by atoms with E-state index in [1.807, 2.05) is 12.3 Å². The summed E-state index contributed by atoms with van der Waals surface area (Å²) in [5.74, 6) is 0. The minimum Gasteiger partial charge on any atom is -0.396 e. The van der Waals surface area contributed by atoms with E-state index in [9.17, 15) is 0 Å². The van der Waals surface area contributed by atoms with Gasteiger partial charge in [-0.1, -0.05) is 0 Å². The maximum atomic E-state index is 6.01. The van der Waals surface area contributed by atoms with Crippen molar-refractivity contribution < 1.29 is 0 Å². The molecular weight excluding hydrogens is 262 g/mol. The summed E-state index contributed by atoms with van der Waals surface area (Å²) in [4.78, 5) is 11.6. The van der Waals surface area contributed by atoms with Crippen LogP contribution in [0, 0.1) is 0 Å². The van der Waals surface area contributed by atoms with Crippen molar-refractivity contribution in [2.24, 2.45) is 0 Å². The summed E-state index contributed by atoms with van der Waals surface area (Å²) in [5, 5.41) is 0. The molecule has 2 fully saturated rings. The van der Waals surface area contributed by atoms with E-state index in [0.29, 0.717) is 0 Å². The molecule has 0 aromatic carbocycles. The zero-order valence-electron chi connectivity index (χ0n) is 12.9. The van der Waals surface area contributed by atoms with Gasteiger partial charge in [-0.25, -0.2) is 0 Å². The Morgan fingerprint density at radius 2 is 1.62 bits per heavy atom. The van der Waals surface area contributed by atoms with Crippen LogP contribution >= 0.6 is 0 Å². The van der Waals surface area contributed by atoms with E-state index < -0.39 is 0 Å². The largest absolute Gasteiger partial charge is 0.396 e. The van der Waals surface area contributed by atoms with Crippen LogP contribution in [-0.2, 0) is 0 Å².